The molecule has 19 heavy (non-hydrogen) atoms. The van der Waals surface area contributed by atoms with Gasteiger partial charge >= 0.3 is 0 Å². The molecule has 1 heterocycles. The normalized spacial score (nSPS) is 11.5. The van der Waals surface area contributed by atoms with Gasteiger partial charge in [0.1, 0.15) is 4.90 Å². The van der Waals surface area contributed by atoms with Gasteiger partial charge in [-0.1, -0.05) is 6.42 Å². The van der Waals surface area contributed by atoms with Gasteiger partial charge in [-0.25, -0.2) is 24.0 Å². The molecule has 1 rings (SSSR count). The van der Waals surface area contributed by atoms with Gasteiger partial charge in [0.05, 0.1) is 0 Å². The SMILES string of the molecule is CSCCCCCNS(=O)(=O)c1cccnc1NN. The maximum absolute atomic E-state index is 12.0. The van der Waals surface area contributed by atoms with Crippen LogP contribution in [-0.4, -0.2) is 32.0 Å². The fourth-order valence-corrected chi connectivity index (χ4v) is 3.23. The zero-order valence-corrected chi connectivity index (χ0v) is 12.6. The van der Waals surface area contributed by atoms with Crippen LogP contribution in [0, 0.1) is 0 Å². The topological polar surface area (TPSA) is 97.1 Å². The van der Waals surface area contributed by atoms with E-state index in [0.29, 0.717) is 6.54 Å². The molecule has 0 amide bonds. The van der Waals surface area contributed by atoms with E-state index in [9.17, 15) is 8.42 Å². The standard InChI is InChI=1S/C11H20N4O2S2/c1-18-9-4-2-3-8-14-19(16,17)10-6-5-7-13-11(10)15-12/h5-7,14H,2-4,8-9,12H2,1H3,(H,13,15). The number of hydrogen-bond donors (Lipinski definition) is 3. The zero-order chi connectivity index (χ0) is 14.1. The minimum absolute atomic E-state index is 0.0709. The number of unbranched alkanes of at least 4 members (excludes halogenated alkanes) is 2. The van der Waals surface area contributed by atoms with Crippen LogP contribution in [0.3, 0.4) is 0 Å². The van der Waals surface area contributed by atoms with Crippen molar-refractivity contribution in [2.75, 3.05) is 24.0 Å². The molecule has 0 bridgehead atoms. The van der Waals surface area contributed by atoms with Crippen molar-refractivity contribution < 1.29 is 8.42 Å². The Balaban J connectivity index is 2.52. The van der Waals surface area contributed by atoms with Gasteiger partial charge in [0.2, 0.25) is 10.0 Å². The lowest BCUT2D eigenvalue weighted by Crippen LogP contribution is -2.26. The Kier molecular flexibility index (Phi) is 7.14. The lowest BCUT2D eigenvalue weighted by Gasteiger charge is -2.09. The minimum atomic E-state index is -3.56. The Morgan fingerprint density at radius 2 is 2.16 bits per heavy atom. The second-order valence-corrected chi connectivity index (χ2v) is 6.67. The molecule has 1 aromatic rings. The molecule has 0 aromatic carbocycles. The molecular weight excluding hydrogens is 284 g/mol. The van der Waals surface area contributed by atoms with E-state index in [2.05, 4.69) is 21.4 Å². The largest absolute Gasteiger partial charge is 0.307 e. The summed E-state index contributed by atoms with van der Waals surface area (Å²) >= 11 is 1.80. The highest BCUT2D eigenvalue weighted by Gasteiger charge is 2.17. The highest BCUT2D eigenvalue weighted by Crippen LogP contribution is 2.16. The highest BCUT2D eigenvalue weighted by atomic mass is 32.2. The number of nitrogens with zero attached hydrogens (tertiary/aromatic N) is 1. The number of nitrogens with two attached hydrogens (primary N) is 1. The molecule has 4 N–H and O–H groups in total. The predicted molar refractivity (Wildman–Crippen MR) is 79.5 cm³/mol. The number of rotatable bonds is 9. The van der Waals surface area contributed by atoms with Gasteiger partial charge in [-0.3, -0.25) is 0 Å². The van der Waals surface area contributed by atoms with Crippen LogP contribution in [0.4, 0.5) is 5.82 Å². The molecule has 0 atom stereocenters. The van der Waals surface area contributed by atoms with Crippen LogP contribution in [0.25, 0.3) is 0 Å². The molecule has 0 fully saturated rings. The summed E-state index contributed by atoms with van der Waals surface area (Å²) in [5.41, 5.74) is 2.29. The number of sulfonamides is 1. The summed E-state index contributed by atoms with van der Waals surface area (Å²) < 4.78 is 26.7. The van der Waals surface area contributed by atoms with Crippen LogP contribution in [0.5, 0.6) is 0 Å². The number of thioether (sulfide) groups is 1. The van der Waals surface area contributed by atoms with Gasteiger partial charge in [0.15, 0.2) is 5.82 Å². The third-order valence-electron chi connectivity index (χ3n) is 2.51. The number of pyridine rings is 1. The van der Waals surface area contributed by atoms with Crippen LogP contribution in [0.15, 0.2) is 23.2 Å². The van der Waals surface area contributed by atoms with Crippen molar-refractivity contribution in [1.82, 2.24) is 9.71 Å². The van der Waals surface area contributed by atoms with E-state index in [1.807, 2.05) is 0 Å². The lowest BCUT2D eigenvalue weighted by molar-refractivity contribution is 0.576. The molecule has 1 aromatic heterocycles. The summed E-state index contributed by atoms with van der Waals surface area (Å²) in [6.07, 6.45) is 6.48. The van der Waals surface area contributed by atoms with E-state index in [1.54, 1.807) is 17.8 Å². The van der Waals surface area contributed by atoms with Crippen molar-refractivity contribution in [3.8, 4) is 0 Å². The quantitative estimate of drug-likeness (QED) is 0.360. The smallest absolute Gasteiger partial charge is 0.244 e. The maximum Gasteiger partial charge on any atom is 0.244 e. The van der Waals surface area contributed by atoms with Crippen molar-refractivity contribution in [3.63, 3.8) is 0 Å². The van der Waals surface area contributed by atoms with Crippen LogP contribution in [0.1, 0.15) is 19.3 Å². The monoisotopic (exact) mass is 304 g/mol. The van der Waals surface area contributed by atoms with Crippen molar-refractivity contribution >= 4 is 27.6 Å². The molecule has 0 aliphatic heterocycles. The second-order valence-electron chi connectivity index (χ2n) is 3.95. The van der Waals surface area contributed by atoms with Crippen molar-refractivity contribution in [1.29, 1.82) is 0 Å². The Morgan fingerprint density at radius 1 is 1.37 bits per heavy atom. The van der Waals surface area contributed by atoms with Crippen LogP contribution in [-0.2, 0) is 10.0 Å². The number of nitrogens with one attached hydrogen (secondary N) is 2. The fraction of sp³-hybridized carbons (Fsp3) is 0.545. The van der Waals surface area contributed by atoms with E-state index >= 15 is 0 Å². The van der Waals surface area contributed by atoms with Crippen molar-refractivity contribution in [2.45, 2.75) is 24.2 Å². The first-order valence-electron chi connectivity index (χ1n) is 6.02. The van der Waals surface area contributed by atoms with Crippen LogP contribution in [0.2, 0.25) is 0 Å². The summed E-state index contributed by atoms with van der Waals surface area (Å²) in [7, 11) is -3.56. The van der Waals surface area contributed by atoms with E-state index in [0.717, 1.165) is 25.0 Å². The Bertz CT molecular complexity index is 479. The van der Waals surface area contributed by atoms with E-state index in [-0.39, 0.29) is 10.7 Å². The van der Waals surface area contributed by atoms with E-state index < -0.39 is 10.0 Å². The number of hydrazine groups is 1. The predicted octanol–water partition coefficient (Wildman–Crippen LogP) is 1.18. The molecule has 6 nitrogen and oxygen atoms in total. The Morgan fingerprint density at radius 3 is 2.84 bits per heavy atom. The number of aromatic nitrogens is 1. The number of anilines is 1. The third-order valence-corrected chi connectivity index (χ3v) is 4.70. The first-order valence-corrected chi connectivity index (χ1v) is 8.89. The van der Waals surface area contributed by atoms with Crippen molar-refractivity contribution in [3.05, 3.63) is 18.3 Å². The lowest BCUT2D eigenvalue weighted by atomic mass is 10.2. The molecule has 0 aliphatic carbocycles. The van der Waals surface area contributed by atoms with Crippen LogP contribution >= 0.6 is 11.8 Å². The fourth-order valence-electron chi connectivity index (χ4n) is 1.55. The maximum atomic E-state index is 12.0. The van der Waals surface area contributed by atoms with Crippen LogP contribution < -0.4 is 16.0 Å². The van der Waals surface area contributed by atoms with Crippen molar-refractivity contribution in [2.24, 2.45) is 5.84 Å². The Hall–Kier alpha value is -0.830. The summed E-state index contributed by atoms with van der Waals surface area (Å²) in [5, 5.41) is 0. The van der Waals surface area contributed by atoms with Gasteiger partial charge in [-0.2, -0.15) is 11.8 Å². The van der Waals surface area contributed by atoms with Gasteiger partial charge in [0, 0.05) is 12.7 Å². The molecule has 0 radical (unpaired) electrons. The second kappa shape index (κ2) is 8.36. The summed E-state index contributed by atoms with van der Waals surface area (Å²) in [6.45, 7) is 0.426. The van der Waals surface area contributed by atoms with Gasteiger partial charge < -0.3 is 5.43 Å². The first-order chi connectivity index (χ1) is 9.11. The van der Waals surface area contributed by atoms with E-state index in [1.165, 1.54) is 12.3 Å². The van der Waals surface area contributed by atoms with Gasteiger partial charge in [0.25, 0.3) is 0 Å². The van der Waals surface area contributed by atoms with E-state index in [4.69, 9.17) is 5.84 Å². The average Bonchev–Trinajstić information content (AvgIpc) is 2.42. The summed E-state index contributed by atoms with van der Waals surface area (Å²) in [5.74, 6) is 6.51. The third kappa shape index (κ3) is 5.35. The molecule has 108 valence electrons. The average molecular weight is 304 g/mol. The molecule has 0 saturated carbocycles. The van der Waals surface area contributed by atoms with Gasteiger partial charge in [-0.15, -0.1) is 0 Å². The molecule has 0 spiro atoms. The summed E-state index contributed by atoms with van der Waals surface area (Å²) in [6, 6.07) is 3.03. The highest BCUT2D eigenvalue weighted by molar-refractivity contribution is 7.98. The molecule has 0 saturated heterocycles. The molecule has 0 unspecified atom stereocenters. The Labute approximate surface area is 118 Å². The number of hydrogen-bond acceptors (Lipinski definition) is 6. The minimum Gasteiger partial charge on any atom is -0.307 e. The molecule has 0 aliphatic rings. The zero-order valence-electron chi connectivity index (χ0n) is 10.9. The van der Waals surface area contributed by atoms with Gasteiger partial charge in [-0.05, 0) is 37.0 Å². The molecule has 8 heteroatoms. The number of nitrogen functional groups attached to an aromatic ring is 1. The first kappa shape index (κ1) is 16.2. The summed E-state index contributed by atoms with van der Waals surface area (Å²) in [4.78, 5) is 3.95. The molecular formula is C11H20N4O2S2.